The van der Waals surface area contributed by atoms with Crippen LogP contribution in [0, 0.1) is 0 Å². The highest BCUT2D eigenvalue weighted by molar-refractivity contribution is 5.92. The molecule has 0 saturated carbocycles. The molecule has 4 rings (SSSR count). The van der Waals surface area contributed by atoms with Gasteiger partial charge in [-0.1, -0.05) is 13.8 Å². The minimum atomic E-state index is -0.411. The summed E-state index contributed by atoms with van der Waals surface area (Å²) in [5, 5.41) is 4.47. The third kappa shape index (κ3) is 2.82. The lowest BCUT2D eigenvalue weighted by molar-refractivity contribution is -0.139. The third-order valence-electron chi connectivity index (χ3n) is 6.23. The van der Waals surface area contributed by atoms with Crippen molar-refractivity contribution in [2.24, 2.45) is 7.05 Å². The lowest BCUT2D eigenvalue weighted by atomic mass is 9.78. The fourth-order valence-corrected chi connectivity index (χ4v) is 4.66. The first-order chi connectivity index (χ1) is 13.3. The Hall–Kier alpha value is -2.64. The number of nitrogens with one attached hydrogen (secondary N) is 1. The fourth-order valence-electron chi connectivity index (χ4n) is 4.66. The maximum atomic E-state index is 13.1. The molecule has 1 N–H and O–H groups in total. The van der Waals surface area contributed by atoms with Crippen LogP contribution < -0.4 is 0 Å². The van der Waals surface area contributed by atoms with E-state index in [1.54, 1.807) is 17.9 Å². The van der Waals surface area contributed by atoms with E-state index in [2.05, 4.69) is 28.9 Å². The molecular formula is C20H28N6O2. The van der Waals surface area contributed by atoms with Crippen LogP contribution >= 0.6 is 0 Å². The first-order valence-corrected chi connectivity index (χ1v) is 9.97. The third-order valence-corrected chi connectivity index (χ3v) is 6.23. The number of fused-ring (bicyclic) bond motifs is 2. The Morgan fingerprint density at radius 3 is 2.54 bits per heavy atom. The van der Waals surface area contributed by atoms with Gasteiger partial charge in [-0.15, -0.1) is 0 Å². The summed E-state index contributed by atoms with van der Waals surface area (Å²) < 4.78 is 1.68. The summed E-state index contributed by atoms with van der Waals surface area (Å²) in [6.07, 6.45) is 3.92. The molecule has 4 heterocycles. The Morgan fingerprint density at radius 1 is 1.21 bits per heavy atom. The maximum Gasteiger partial charge on any atom is 0.272 e. The van der Waals surface area contributed by atoms with Crippen molar-refractivity contribution in [3.63, 3.8) is 0 Å². The van der Waals surface area contributed by atoms with Crippen LogP contribution in [-0.2, 0) is 23.8 Å². The Morgan fingerprint density at radius 2 is 1.93 bits per heavy atom. The lowest BCUT2D eigenvalue weighted by Gasteiger charge is -2.50. The minimum absolute atomic E-state index is 0.00388. The summed E-state index contributed by atoms with van der Waals surface area (Å²) in [6.45, 7) is 7.65. The van der Waals surface area contributed by atoms with Crippen LogP contribution in [0.25, 0.3) is 0 Å². The number of amides is 2. The van der Waals surface area contributed by atoms with Gasteiger partial charge in [-0.3, -0.25) is 14.3 Å². The zero-order valence-corrected chi connectivity index (χ0v) is 17.0. The number of imidazole rings is 1. The van der Waals surface area contributed by atoms with Gasteiger partial charge in [0, 0.05) is 45.7 Å². The van der Waals surface area contributed by atoms with Crippen molar-refractivity contribution in [1.82, 2.24) is 29.5 Å². The zero-order chi connectivity index (χ0) is 20.1. The van der Waals surface area contributed by atoms with Crippen LogP contribution in [0.4, 0.5) is 0 Å². The summed E-state index contributed by atoms with van der Waals surface area (Å²) >= 11 is 0. The monoisotopic (exact) mass is 384 g/mol. The van der Waals surface area contributed by atoms with Gasteiger partial charge in [0.05, 0.1) is 23.3 Å². The van der Waals surface area contributed by atoms with Gasteiger partial charge in [0.1, 0.15) is 5.69 Å². The standard InChI is InChI=1S/C20H28N6O2/c1-13(2)16-11-17(24(4)23-16)19(28)25-9-6-20(7-10-25)18-15(21-12-22-18)5-8-26(20)14(3)27/h11-13H,5-10H2,1-4H3,(H,21,22). The molecule has 8 nitrogen and oxygen atoms in total. The molecule has 1 fully saturated rings. The molecule has 1 spiro atoms. The SMILES string of the molecule is CC(=O)N1CCc2[nH]cnc2C12CCN(C(=O)c1cc(C(C)C)nn1C)CC2. The second kappa shape index (κ2) is 6.76. The second-order valence-electron chi connectivity index (χ2n) is 8.21. The normalized spacial score (nSPS) is 18.6. The predicted molar refractivity (Wildman–Crippen MR) is 104 cm³/mol. The Bertz CT molecular complexity index is 904. The first-order valence-electron chi connectivity index (χ1n) is 9.97. The highest BCUT2D eigenvalue weighted by atomic mass is 16.2. The Kier molecular flexibility index (Phi) is 4.51. The molecule has 2 aromatic heterocycles. The number of nitrogens with zero attached hydrogens (tertiary/aromatic N) is 5. The van der Waals surface area contributed by atoms with Crippen molar-refractivity contribution in [3.05, 3.63) is 35.2 Å². The molecule has 8 heteroatoms. The van der Waals surface area contributed by atoms with E-state index in [1.807, 2.05) is 22.9 Å². The highest BCUT2D eigenvalue weighted by Gasteiger charge is 2.48. The maximum absolute atomic E-state index is 13.1. The molecule has 2 aromatic rings. The number of hydrogen-bond acceptors (Lipinski definition) is 4. The van der Waals surface area contributed by atoms with E-state index < -0.39 is 5.54 Å². The van der Waals surface area contributed by atoms with Gasteiger partial charge >= 0.3 is 0 Å². The molecule has 28 heavy (non-hydrogen) atoms. The first kappa shape index (κ1) is 18.7. The van der Waals surface area contributed by atoms with Crippen LogP contribution in [0.5, 0.6) is 0 Å². The molecule has 150 valence electrons. The highest BCUT2D eigenvalue weighted by Crippen LogP contribution is 2.42. The van der Waals surface area contributed by atoms with E-state index in [4.69, 9.17) is 0 Å². The molecule has 2 amide bonds. The van der Waals surface area contributed by atoms with Crippen molar-refractivity contribution < 1.29 is 9.59 Å². The average molecular weight is 384 g/mol. The summed E-state index contributed by atoms with van der Waals surface area (Å²) in [6, 6.07) is 1.89. The van der Waals surface area contributed by atoms with E-state index in [0.29, 0.717) is 38.2 Å². The number of hydrogen-bond donors (Lipinski definition) is 1. The number of carbonyl (C=O) groups is 2. The topological polar surface area (TPSA) is 87.1 Å². The molecule has 0 atom stereocenters. The van der Waals surface area contributed by atoms with E-state index in [0.717, 1.165) is 23.5 Å². The van der Waals surface area contributed by atoms with Gasteiger partial charge in [0.15, 0.2) is 0 Å². The van der Waals surface area contributed by atoms with Crippen LogP contribution in [0.1, 0.15) is 67.1 Å². The van der Waals surface area contributed by atoms with Crippen LogP contribution in [0.3, 0.4) is 0 Å². The predicted octanol–water partition coefficient (Wildman–Crippen LogP) is 1.80. The van der Waals surface area contributed by atoms with Crippen LogP contribution in [0.15, 0.2) is 12.4 Å². The summed E-state index contributed by atoms with van der Waals surface area (Å²) in [5.41, 5.74) is 3.23. The number of likely N-dealkylation sites (tertiary alicyclic amines) is 1. The van der Waals surface area contributed by atoms with Gasteiger partial charge in [0.2, 0.25) is 5.91 Å². The number of rotatable bonds is 2. The van der Waals surface area contributed by atoms with Gasteiger partial charge in [-0.2, -0.15) is 5.10 Å². The van der Waals surface area contributed by atoms with E-state index in [1.165, 1.54) is 0 Å². The fraction of sp³-hybridized carbons (Fsp3) is 0.600. The van der Waals surface area contributed by atoms with Crippen molar-refractivity contribution in [3.8, 4) is 0 Å². The minimum Gasteiger partial charge on any atom is -0.348 e. The molecule has 2 aliphatic heterocycles. The van der Waals surface area contributed by atoms with E-state index in [9.17, 15) is 9.59 Å². The molecule has 0 aliphatic carbocycles. The van der Waals surface area contributed by atoms with Crippen molar-refractivity contribution >= 4 is 11.8 Å². The number of aromatic nitrogens is 4. The molecule has 0 radical (unpaired) electrons. The molecule has 0 unspecified atom stereocenters. The van der Waals surface area contributed by atoms with Crippen molar-refractivity contribution in [2.45, 2.75) is 51.5 Å². The number of carbonyl (C=O) groups excluding carboxylic acids is 2. The van der Waals surface area contributed by atoms with E-state index >= 15 is 0 Å². The van der Waals surface area contributed by atoms with Crippen LogP contribution in [-0.4, -0.2) is 61.0 Å². The summed E-state index contributed by atoms with van der Waals surface area (Å²) in [5.74, 6) is 0.354. The zero-order valence-electron chi connectivity index (χ0n) is 17.0. The van der Waals surface area contributed by atoms with Gasteiger partial charge < -0.3 is 14.8 Å². The van der Waals surface area contributed by atoms with Crippen molar-refractivity contribution in [1.29, 1.82) is 0 Å². The molecule has 0 aromatic carbocycles. The van der Waals surface area contributed by atoms with Crippen molar-refractivity contribution in [2.75, 3.05) is 19.6 Å². The largest absolute Gasteiger partial charge is 0.348 e. The van der Waals surface area contributed by atoms with Gasteiger partial charge in [0.25, 0.3) is 5.91 Å². The average Bonchev–Trinajstić information content (AvgIpc) is 3.29. The van der Waals surface area contributed by atoms with Gasteiger partial charge in [-0.05, 0) is 24.8 Å². The number of aromatic amines is 1. The molecule has 1 saturated heterocycles. The Balaban J connectivity index is 1.57. The van der Waals surface area contributed by atoms with E-state index in [-0.39, 0.29) is 17.7 Å². The number of H-pyrrole nitrogens is 1. The molecule has 2 aliphatic rings. The summed E-state index contributed by atoms with van der Waals surface area (Å²) in [4.78, 5) is 37.1. The molecule has 0 bridgehead atoms. The number of aryl methyl sites for hydroxylation is 1. The smallest absolute Gasteiger partial charge is 0.272 e. The quantitative estimate of drug-likeness (QED) is 0.855. The second-order valence-corrected chi connectivity index (χ2v) is 8.21. The van der Waals surface area contributed by atoms with Crippen LogP contribution in [0.2, 0.25) is 0 Å². The lowest BCUT2D eigenvalue weighted by Crippen LogP contribution is -2.58. The Labute approximate surface area is 164 Å². The van der Waals surface area contributed by atoms with Gasteiger partial charge in [-0.25, -0.2) is 4.98 Å². The summed E-state index contributed by atoms with van der Waals surface area (Å²) in [7, 11) is 1.82. The number of piperidine rings is 1. The molecular weight excluding hydrogens is 356 g/mol.